The Balaban J connectivity index is 2.06. The third-order valence-electron chi connectivity index (χ3n) is 3.64. The predicted octanol–water partition coefficient (Wildman–Crippen LogP) is 3.04. The number of hydrogen-bond acceptors (Lipinski definition) is 3. The second kappa shape index (κ2) is 4.83. The van der Waals surface area contributed by atoms with E-state index in [1.54, 1.807) is 6.92 Å². The summed E-state index contributed by atoms with van der Waals surface area (Å²) < 4.78 is 32.0. The highest BCUT2D eigenvalue weighted by atomic mass is 19.1. The van der Waals surface area contributed by atoms with E-state index in [4.69, 9.17) is 4.52 Å². The van der Waals surface area contributed by atoms with E-state index < -0.39 is 17.7 Å². The normalized spacial score (nSPS) is 17.7. The molecule has 7 heteroatoms. The minimum atomic E-state index is -1.06. The SMILES string of the molecule is CC1Cc2noc(-c3ccc(F)cc3F)c2CN1C(=O)O. The Morgan fingerprint density at radius 3 is 2.90 bits per heavy atom. The van der Waals surface area contributed by atoms with E-state index in [1.165, 1.54) is 11.0 Å². The first kappa shape index (κ1) is 13.5. The second-order valence-corrected chi connectivity index (χ2v) is 5.02. The maximum Gasteiger partial charge on any atom is 0.407 e. The molecule has 1 unspecified atom stereocenters. The van der Waals surface area contributed by atoms with Crippen LogP contribution in [0, 0.1) is 11.6 Å². The number of carbonyl (C=O) groups is 1. The summed E-state index contributed by atoms with van der Waals surface area (Å²) in [4.78, 5) is 12.4. The summed E-state index contributed by atoms with van der Waals surface area (Å²) in [7, 11) is 0. The molecule has 21 heavy (non-hydrogen) atoms. The largest absolute Gasteiger partial charge is 0.465 e. The zero-order valence-corrected chi connectivity index (χ0v) is 11.1. The first-order chi connectivity index (χ1) is 9.97. The summed E-state index contributed by atoms with van der Waals surface area (Å²) in [6, 6.07) is 2.90. The summed E-state index contributed by atoms with van der Waals surface area (Å²) in [5.74, 6) is -1.31. The third-order valence-corrected chi connectivity index (χ3v) is 3.64. The van der Waals surface area contributed by atoms with Gasteiger partial charge in [-0.15, -0.1) is 0 Å². The number of benzene rings is 1. The van der Waals surface area contributed by atoms with Crippen LogP contribution in [0.1, 0.15) is 18.2 Å². The lowest BCUT2D eigenvalue weighted by Crippen LogP contribution is -2.41. The van der Waals surface area contributed by atoms with E-state index in [-0.39, 0.29) is 23.9 Å². The number of carboxylic acid groups (broad SMARTS) is 1. The van der Waals surface area contributed by atoms with Crippen molar-refractivity contribution in [2.24, 2.45) is 0 Å². The van der Waals surface area contributed by atoms with E-state index in [9.17, 15) is 18.7 Å². The smallest absolute Gasteiger partial charge is 0.407 e. The van der Waals surface area contributed by atoms with Crippen molar-refractivity contribution in [2.75, 3.05) is 0 Å². The highest BCUT2D eigenvalue weighted by Crippen LogP contribution is 2.33. The Morgan fingerprint density at radius 1 is 1.48 bits per heavy atom. The minimum absolute atomic E-state index is 0.0709. The van der Waals surface area contributed by atoms with Gasteiger partial charge in [0.05, 0.1) is 17.8 Å². The van der Waals surface area contributed by atoms with Gasteiger partial charge in [-0.3, -0.25) is 0 Å². The van der Waals surface area contributed by atoms with E-state index in [2.05, 4.69) is 5.16 Å². The first-order valence-corrected chi connectivity index (χ1v) is 6.39. The lowest BCUT2D eigenvalue weighted by Gasteiger charge is -2.30. The van der Waals surface area contributed by atoms with E-state index >= 15 is 0 Å². The molecule has 0 radical (unpaired) electrons. The van der Waals surface area contributed by atoms with Gasteiger partial charge in [0.15, 0.2) is 5.76 Å². The van der Waals surface area contributed by atoms with Gasteiger partial charge in [0.1, 0.15) is 11.6 Å². The zero-order chi connectivity index (χ0) is 15.1. The molecule has 2 aromatic rings. The van der Waals surface area contributed by atoms with Gasteiger partial charge in [0.25, 0.3) is 0 Å². The minimum Gasteiger partial charge on any atom is -0.465 e. The summed E-state index contributed by atoms with van der Waals surface area (Å²) in [5.41, 5.74) is 1.21. The van der Waals surface area contributed by atoms with Crippen LogP contribution in [0.15, 0.2) is 22.7 Å². The van der Waals surface area contributed by atoms with Crippen LogP contribution in [0.5, 0.6) is 0 Å². The van der Waals surface area contributed by atoms with Crippen molar-refractivity contribution in [1.29, 1.82) is 0 Å². The van der Waals surface area contributed by atoms with E-state index in [0.717, 1.165) is 12.1 Å². The van der Waals surface area contributed by atoms with Crippen molar-refractivity contribution in [2.45, 2.75) is 25.9 Å². The Bertz CT molecular complexity index is 714. The molecule has 1 N–H and O–H groups in total. The molecule has 0 bridgehead atoms. The van der Waals surface area contributed by atoms with E-state index in [1.807, 2.05) is 0 Å². The maximum absolute atomic E-state index is 13.9. The summed E-state index contributed by atoms with van der Waals surface area (Å²) in [6.07, 6.45) is -0.659. The molecule has 1 atom stereocenters. The summed E-state index contributed by atoms with van der Waals surface area (Å²) in [6.45, 7) is 1.84. The Kier molecular flexibility index (Phi) is 3.12. The molecular weight excluding hydrogens is 282 g/mol. The molecule has 0 spiro atoms. The molecule has 0 fully saturated rings. The van der Waals surface area contributed by atoms with Crippen molar-refractivity contribution < 1.29 is 23.2 Å². The van der Waals surface area contributed by atoms with Crippen LogP contribution in [0.3, 0.4) is 0 Å². The van der Waals surface area contributed by atoms with Crippen molar-refractivity contribution in [1.82, 2.24) is 10.1 Å². The number of fused-ring (bicyclic) bond motifs is 1. The molecule has 0 saturated carbocycles. The van der Waals surface area contributed by atoms with Crippen LogP contribution in [0.25, 0.3) is 11.3 Å². The molecule has 3 rings (SSSR count). The predicted molar refractivity (Wildman–Crippen MR) is 68.6 cm³/mol. The van der Waals surface area contributed by atoms with Crippen molar-refractivity contribution >= 4 is 6.09 Å². The lowest BCUT2D eigenvalue weighted by molar-refractivity contribution is 0.119. The molecule has 0 aliphatic carbocycles. The lowest BCUT2D eigenvalue weighted by atomic mass is 9.97. The maximum atomic E-state index is 13.9. The van der Waals surface area contributed by atoms with Crippen molar-refractivity contribution in [3.8, 4) is 11.3 Å². The summed E-state index contributed by atoms with van der Waals surface area (Å²) >= 11 is 0. The van der Waals surface area contributed by atoms with Crippen LogP contribution in [0.4, 0.5) is 13.6 Å². The first-order valence-electron chi connectivity index (χ1n) is 6.39. The fraction of sp³-hybridized carbons (Fsp3) is 0.286. The molecule has 1 aliphatic rings. The van der Waals surface area contributed by atoms with Gasteiger partial charge in [0, 0.05) is 24.1 Å². The van der Waals surface area contributed by atoms with Crippen LogP contribution in [-0.4, -0.2) is 27.3 Å². The van der Waals surface area contributed by atoms with Gasteiger partial charge in [0.2, 0.25) is 0 Å². The molecule has 1 aliphatic heterocycles. The molecule has 1 amide bonds. The Morgan fingerprint density at radius 2 is 2.24 bits per heavy atom. The van der Waals surface area contributed by atoms with Gasteiger partial charge in [-0.2, -0.15) is 0 Å². The highest BCUT2D eigenvalue weighted by Gasteiger charge is 2.32. The van der Waals surface area contributed by atoms with Gasteiger partial charge < -0.3 is 14.5 Å². The molecule has 1 aromatic carbocycles. The zero-order valence-electron chi connectivity index (χ0n) is 11.1. The standard InChI is InChI=1S/C14H12F2N2O3/c1-7-4-12-10(6-18(7)14(19)20)13(21-17-12)9-3-2-8(15)5-11(9)16/h2-3,5,7H,4,6H2,1H3,(H,19,20). The number of amides is 1. The van der Waals surface area contributed by atoms with Gasteiger partial charge >= 0.3 is 6.09 Å². The molecule has 5 nitrogen and oxygen atoms in total. The third kappa shape index (κ3) is 2.24. The Labute approximate surface area is 118 Å². The van der Waals surface area contributed by atoms with E-state index in [0.29, 0.717) is 17.7 Å². The molecule has 1 aromatic heterocycles. The average Bonchev–Trinajstić information content (AvgIpc) is 2.80. The summed E-state index contributed by atoms with van der Waals surface area (Å²) in [5, 5.41) is 13.1. The van der Waals surface area contributed by atoms with Crippen molar-refractivity contribution in [3.63, 3.8) is 0 Å². The fourth-order valence-electron chi connectivity index (χ4n) is 2.52. The van der Waals surface area contributed by atoms with Crippen LogP contribution >= 0.6 is 0 Å². The van der Waals surface area contributed by atoms with Gasteiger partial charge in [-0.25, -0.2) is 13.6 Å². The number of nitrogens with zero attached hydrogens (tertiary/aromatic N) is 2. The number of rotatable bonds is 1. The van der Waals surface area contributed by atoms with Crippen LogP contribution in [-0.2, 0) is 13.0 Å². The number of aromatic nitrogens is 1. The van der Waals surface area contributed by atoms with Crippen LogP contribution in [0.2, 0.25) is 0 Å². The van der Waals surface area contributed by atoms with Gasteiger partial charge in [-0.1, -0.05) is 5.16 Å². The second-order valence-electron chi connectivity index (χ2n) is 5.02. The molecule has 0 saturated heterocycles. The fourth-order valence-corrected chi connectivity index (χ4v) is 2.52. The molecular formula is C14H12F2N2O3. The number of hydrogen-bond donors (Lipinski definition) is 1. The Hall–Kier alpha value is -2.44. The highest BCUT2D eigenvalue weighted by molar-refractivity contribution is 5.68. The molecule has 110 valence electrons. The average molecular weight is 294 g/mol. The molecule has 2 heterocycles. The monoisotopic (exact) mass is 294 g/mol. The van der Waals surface area contributed by atoms with Gasteiger partial charge in [-0.05, 0) is 19.1 Å². The van der Waals surface area contributed by atoms with Crippen molar-refractivity contribution in [3.05, 3.63) is 41.1 Å². The topological polar surface area (TPSA) is 66.6 Å². The quantitative estimate of drug-likeness (QED) is 0.878. The van der Waals surface area contributed by atoms with Crippen LogP contribution < -0.4 is 0 Å². The number of halogens is 2.